The molecule has 0 aliphatic heterocycles. The Hall–Kier alpha value is -2.78. The van der Waals surface area contributed by atoms with Gasteiger partial charge in [-0.25, -0.2) is 8.42 Å². The van der Waals surface area contributed by atoms with Crippen LogP contribution in [0.25, 0.3) is 0 Å². The van der Waals surface area contributed by atoms with Crippen molar-refractivity contribution in [3.8, 4) is 5.75 Å². The Labute approximate surface area is 226 Å². The number of sulfonamides is 1. The number of rotatable bonds is 14. The van der Waals surface area contributed by atoms with Gasteiger partial charge in [-0.1, -0.05) is 55.8 Å². The van der Waals surface area contributed by atoms with Crippen LogP contribution in [0.5, 0.6) is 5.75 Å². The second kappa shape index (κ2) is 14.2. The number of benzene rings is 2. The van der Waals surface area contributed by atoms with Crippen molar-refractivity contribution >= 4 is 39.1 Å². The maximum atomic E-state index is 13.4. The first kappa shape index (κ1) is 30.4. The molecule has 0 radical (unpaired) electrons. The molecule has 0 fully saturated rings. The van der Waals surface area contributed by atoms with Crippen LogP contribution in [0.2, 0.25) is 5.02 Å². The maximum absolute atomic E-state index is 13.4. The minimum Gasteiger partial charge on any atom is -0.492 e. The number of carbonyl (C=O) groups is 2. The molecule has 0 aliphatic carbocycles. The minimum absolute atomic E-state index is 0.0507. The number of carbonyl (C=O) groups excluding carboxylic acids is 2. The van der Waals surface area contributed by atoms with Gasteiger partial charge >= 0.3 is 0 Å². The predicted molar refractivity (Wildman–Crippen MR) is 148 cm³/mol. The van der Waals surface area contributed by atoms with Crippen LogP contribution in [0.15, 0.2) is 48.5 Å². The molecule has 2 aromatic rings. The summed E-state index contributed by atoms with van der Waals surface area (Å²) in [7, 11) is -3.63. The summed E-state index contributed by atoms with van der Waals surface area (Å²) in [6.45, 7) is 8.64. The van der Waals surface area contributed by atoms with Gasteiger partial charge in [0.15, 0.2) is 0 Å². The molecular formula is C27H38ClN3O5S. The monoisotopic (exact) mass is 551 g/mol. The highest BCUT2D eigenvalue weighted by Crippen LogP contribution is 2.30. The number of para-hydroxylation sites is 2. The van der Waals surface area contributed by atoms with E-state index in [-0.39, 0.29) is 43.7 Å². The summed E-state index contributed by atoms with van der Waals surface area (Å²) in [4.78, 5) is 27.7. The molecule has 1 atom stereocenters. The summed E-state index contributed by atoms with van der Waals surface area (Å²) < 4.78 is 32.1. The molecule has 37 heavy (non-hydrogen) atoms. The summed E-state index contributed by atoms with van der Waals surface area (Å²) in [5, 5.41) is 3.39. The Bertz CT molecular complexity index is 1160. The van der Waals surface area contributed by atoms with E-state index in [0.717, 1.165) is 11.8 Å². The topological polar surface area (TPSA) is 96.0 Å². The highest BCUT2D eigenvalue weighted by molar-refractivity contribution is 7.92. The van der Waals surface area contributed by atoms with Crippen molar-refractivity contribution < 1.29 is 22.7 Å². The molecule has 0 heterocycles. The number of nitrogens with zero attached hydrogens (tertiary/aromatic N) is 2. The normalized spacial score (nSPS) is 12.2. The second-order valence-electron chi connectivity index (χ2n) is 9.27. The van der Waals surface area contributed by atoms with E-state index in [1.165, 1.54) is 9.21 Å². The molecule has 8 nitrogen and oxygen atoms in total. The van der Waals surface area contributed by atoms with Gasteiger partial charge in [0.1, 0.15) is 11.8 Å². The summed E-state index contributed by atoms with van der Waals surface area (Å²) >= 11 is 6.34. The van der Waals surface area contributed by atoms with Crippen molar-refractivity contribution in [2.45, 2.75) is 53.1 Å². The van der Waals surface area contributed by atoms with Crippen molar-refractivity contribution in [3.63, 3.8) is 0 Å². The first-order valence-electron chi connectivity index (χ1n) is 12.5. The Morgan fingerprint density at radius 3 is 2.32 bits per heavy atom. The highest BCUT2D eigenvalue weighted by atomic mass is 35.5. The fourth-order valence-electron chi connectivity index (χ4n) is 3.77. The van der Waals surface area contributed by atoms with Gasteiger partial charge in [0.25, 0.3) is 0 Å². The molecule has 2 rings (SSSR count). The molecule has 0 spiro atoms. The molecule has 1 N–H and O–H groups in total. The smallest absolute Gasteiger partial charge is 0.242 e. The zero-order valence-electron chi connectivity index (χ0n) is 22.2. The van der Waals surface area contributed by atoms with E-state index in [4.69, 9.17) is 16.3 Å². The van der Waals surface area contributed by atoms with Gasteiger partial charge in [0.2, 0.25) is 21.8 Å². The van der Waals surface area contributed by atoms with Gasteiger partial charge in [-0.3, -0.25) is 13.9 Å². The highest BCUT2D eigenvalue weighted by Gasteiger charge is 2.27. The van der Waals surface area contributed by atoms with E-state index in [1.54, 1.807) is 43.3 Å². The SMILES string of the molecule is CCOc1ccccc1N(CCCC(=O)N(Cc1ccccc1Cl)C(C)C(=O)NCC(C)C)S(C)(=O)=O. The Morgan fingerprint density at radius 1 is 1.05 bits per heavy atom. The molecule has 204 valence electrons. The molecule has 2 amide bonds. The first-order valence-corrected chi connectivity index (χ1v) is 14.7. The Balaban J connectivity index is 2.21. The number of nitrogens with one attached hydrogen (secondary N) is 1. The summed E-state index contributed by atoms with van der Waals surface area (Å²) in [5.74, 6) is 0.208. The van der Waals surface area contributed by atoms with Gasteiger partial charge in [0, 0.05) is 31.1 Å². The van der Waals surface area contributed by atoms with Crippen molar-refractivity contribution in [3.05, 3.63) is 59.1 Å². The van der Waals surface area contributed by atoms with E-state index in [0.29, 0.717) is 29.6 Å². The predicted octanol–water partition coefficient (Wildman–Crippen LogP) is 4.47. The average Bonchev–Trinajstić information content (AvgIpc) is 2.84. The lowest BCUT2D eigenvalue weighted by molar-refractivity contribution is -0.140. The molecule has 0 bridgehead atoms. The van der Waals surface area contributed by atoms with Crippen LogP contribution >= 0.6 is 11.6 Å². The number of anilines is 1. The molecule has 0 saturated carbocycles. The van der Waals surface area contributed by atoms with Crippen molar-refractivity contribution in [1.29, 1.82) is 0 Å². The van der Waals surface area contributed by atoms with E-state index < -0.39 is 16.1 Å². The van der Waals surface area contributed by atoms with Crippen LogP contribution in [0.4, 0.5) is 5.69 Å². The number of hydrogen-bond acceptors (Lipinski definition) is 5. The Kier molecular flexibility index (Phi) is 11.7. The molecule has 1 unspecified atom stereocenters. The van der Waals surface area contributed by atoms with Crippen molar-refractivity contribution in [2.24, 2.45) is 5.92 Å². The van der Waals surface area contributed by atoms with Gasteiger partial charge < -0.3 is 15.0 Å². The third kappa shape index (κ3) is 9.23. The van der Waals surface area contributed by atoms with E-state index in [1.807, 2.05) is 32.9 Å². The van der Waals surface area contributed by atoms with Crippen LogP contribution in [0.3, 0.4) is 0 Å². The maximum Gasteiger partial charge on any atom is 0.242 e. The Morgan fingerprint density at radius 2 is 1.70 bits per heavy atom. The first-order chi connectivity index (χ1) is 17.5. The van der Waals surface area contributed by atoms with E-state index in [9.17, 15) is 18.0 Å². The number of amides is 2. The van der Waals surface area contributed by atoms with Crippen molar-refractivity contribution in [2.75, 3.05) is 30.3 Å². The summed E-state index contributed by atoms with van der Waals surface area (Å²) in [6.07, 6.45) is 1.43. The molecule has 0 aliphatic rings. The zero-order chi connectivity index (χ0) is 27.6. The van der Waals surface area contributed by atoms with Gasteiger partial charge in [-0.15, -0.1) is 0 Å². The fourth-order valence-corrected chi connectivity index (χ4v) is 4.93. The van der Waals surface area contributed by atoms with Crippen LogP contribution in [0.1, 0.15) is 46.1 Å². The molecular weight excluding hydrogens is 514 g/mol. The minimum atomic E-state index is -3.63. The largest absolute Gasteiger partial charge is 0.492 e. The quantitative estimate of drug-likeness (QED) is 0.373. The number of hydrogen-bond donors (Lipinski definition) is 1. The van der Waals surface area contributed by atoms with Crippen molar-refractivity contribution in [1.82, 2.24) is 10.2 Å². The third-order valence-corrected chi connectivity index (χ3v) is 7.28. The molecule has 0 aromatic heterocycles. The standard InChI is InChI=1S/C27H38ClN3O5S/c1-6-36-25-15-10-9-14-24(25)31(37(5,34)35)17-11-16-26(32)30(19-22-12-7-8-13-23(22)28)21(4)27(33)29-18-20(2)3/h7-10,12-15,20-21H,6,11,16-19H2,1-5H3,(H,29,33). The lowest BCUT2D eigenvalue weighted by Gasteiger charge is -2.30. The van der Waals surface area contributed by atoms with Gasteiger partial charge in [-0.05, 0) is 49.9 Å². The van der Waals surface area contributed by atoms with Crippen LogP contribution in [0, 0.1) is 5.92 Å². The van der Waals surface area contributed by atoms with E-state index in [2.05, 4.69) is 5.32 Å². The summed E-state index contributed by atoms with van der Waals surface area (Å²) in [5.41, 5.74) is 1.15. The third-order valence-electron chi connectivity index (χ3n) is 5.74. The lowest BCUT2D eigenvalue weighted by atomic mass is 10.1. The summed E-state index contributed by atoms with van der Waals surface area (Å²) in [6, 6.07) is 13.4. The molecule has 0 saturated heterocycles. The van der Waals surface area contributed by atoms with Gasteiger partial charge in [-0.2, -0.15) is 0 Å². The number of halogens is 1. The molecule has 10 heteroatoms. The average molecular weight is 552 g/mol. The lowest BCUT2D eigenvalue weighted by Crippen LogP contribution is -2.48. The van der Waals surface area contributed by atoms with Crippen LogP contribution in [-0.4, -0.2) is 57.1 Å². The molecule has 2 aromatic carbocycles. The second-order valence-corrected chi connectivity index (χ2v) is 11.6. The number of ether oxygens (including phenoxy) is 1. The van der Waals surface area contributed by atoms with Crippen LogP contribution < -0.4 is 14.4 Å². The van der Waals surface area contributed by atoms with Gasteiger partial charge in [0.05, 0.1) is 18.6 Å². The van der Waals surface area contributed by atoms with Crippen LogP contribution in [-0.2, 0) is 26.2 Å². The van der Waals surface area contributed by atoms with E-state index >= 15 is 0 Å². The zero-order valence-corrected chi connectivity index (χ0v) is 23.8. The fraction of sp³-hybridized carbons (Fsp3) is 0.481.